The summed E-state index contributed by atoms with van der Waals surface area (Å²) in [5.74, 6) is 3.16. The van der Waals surface area contributed by atoms with Crippen LogP contribution in [0.4, 0.5) is 0 Å². The fourth-order valence-electron chi connectivity index (χ4n) is 0.709. The minimum atomic E-state index is -0.643. The number of Topliss-reactive ketones (excluding diaryl/α,β-unsaturated/α-hetero) is 1. The Hall–Kier alpha value is -1.83. The van der Waals surface area contributed by atoms with Crippen molar-refractivity contribution in [2.45, 2.75) is 19.3 Å². The Labute approximate surface area is 87.7 Å². The Balaban J connectivity index is 3.76. The smallest absolute Gasteiger partial charge is 0.384 e. The molecule has 0 heterocycles. The van der Waals surface area contributed by atoms with E-state index < -0.39 is 11.9 Å². The number of hydrogen-bond acceptors (Lipinski definition) is 5. The van der Waals surface area contributed by atoms with E-state index in [1.807, 2.05) is 0 Å². The zero-order valence-electron chi connectivity index (χ0n) is 8.66. The molecule has 0 amide bonds. The van der Waals surface area contributed by atoms with Crippen LogP contribution in [-0.4, -0.2) is 31.9 Å². The standard InChI is InChI=1S/C10H12O5/c1-14-9(12)6-4-3-5-8(11)7-10(13)15-2/h3,5,7H2,1-2H3. The average molecular weight is 212 g/mol. The fourth-order valence-corrected chi connectivity index (χ4v) is 0.709. The highest BCUT2D eigenvalue weighted by Crippen LogP contribution is 1.95. The van der Waals surface area contributed by atoms with Crippen molar-refractivity contribution < 1.29 is 23.9 Å². The van der Waals surface area contributed by atoms with Gasteiger partial charge in [-0.3, -0.25) is 9.59 Å². The number of ketones is 1. The van der Waals surface area contributed by atoms with E-state index in [1.54, 1.807) is 0 Å². The van der Waals surface area contributed by atoms with E-state index in [1.165, 1.54) is 14.2 Å². The summed E-state index contributed by atoms with van der Waals surface area (Å²) >= 11 is 0. The van der Waals surface area contributed by atoms with Gasteiger partial charge >= 0.3 is 11.9 Å². The molecular formula is C10H12O5. The number of ether oxygens (including phenoxy) is 2. The molecule has 0 atom stereocenters. The van der Waals surface area contributed by atoms with Crippen LogP contribution in [0.2, 0.25) is 0 Å². The van der Waals surface area contributed by atoms with Gasteiger partial charge in [0.2, 0.25) is 0 Å². The molecule has 0 aromatic carbocycles. The van der Waals surface area contributed by atoms with Gasteiger partial charge < -0.3 is 9.47 Å². The van der Waals surface area contributed by atoms with E-state index in [2.05, 4.69) is 21.3 Å². The van der Waals surface area contributed by atoms with Crippen molar-refractivity contribution in [2.24, 2.45) is 0 Å². The van der Waals surface area contributed by atoms with Gasteiger partial charge in [-0.1, -0.05) is 5.92 Å². The van der Waals surface area contributed by atoms with Crippen molar-refractivity contribution in [1.29, 1.82) is 0 Å². The Bertz CT molecular complexity index is 308. The lowest BCUT2D eigenvalue weighted by atomic mass is 10.2. The molecule has 82 valence electrons. The molecule has 0 fully saturated rings. The maximum Gasteiger partial charge on any atom is 0.384 e. The first-order valence-corrected chi connectivity index (χ1v) is 4.25. The second-order valence-corrected chi connectivity index (χ2v) is 2.58. The summed E-state index contributed by atoms with van der Waals surface area (Å²) in [6.07, 6.45) is 0.0976. The molecule has 15 heavy (non-hydrogen) atoms. The molecule has 0 aromatic rings. The number of methoxy groups -OCH3 is 2. The maximum absolute atomic E-state index is 11.0. The molecule has 0 rings (SSSR count). The van der Waals surface area contributed by atoms with Crippen LogP contribution in [0.25, 0.3) is 0 Å². The lowest BCUT2D eigenvalue weighted by Crippen LogP contribution is -2.08. The number of carbonyl (C=O) groups is 3. The third kappa shape index (κ3) is 7.26. The van der Waals surface area contributed by atoms with Crippen LogP contribution < -0.4 is 0 Å². The second kappa shape index (κ2) is 7.56. The predicted octanol–water partition coefficient (Wildman–Crippen LogP) is 0.0752. The summed E-state index contributed by atoms with van der Waals surface area (Å²) in [5.41, 5.74) is 0. The first-order chi connectivity index (χ1) is 7.10. The van der Waals surface area contributed by atoms with E-state index in [4.69, 9.17) is 0 Å². The van der Waals surface area contributed by atoms with Gasteiger partial charge in [-0.25, -0.2) is 4.79 Å². The molecule has 0 aliphatic carbocycles. The minimum absolute atomic E-state index is 0.124. The predicted molar refractivity (Wildman–Crippen MR) is 50.7 cm³/mol. The monoisotopic (exact) mass is 212 g/mol. The van der Waals surface area contributed by atoms with Gasteiger partial charge in [-0.15, -0.1) is 0 Å². The largest absolute Gasteiger partial charge is 0.469 e. The molecular weight excluding hydrogens is 200 g/mol. The van der Waals surface area contributed by atoms with Crippen LogP contribution in [0.5, 0.6) is 0 Å². The summed E-state index contributed by atoms with van der Waals surface area (Å²) in [5, 5.41) is 0. The number of rotatable bonds is 4. The van der Waals surface area contributed by atoms with E-state index in [0.29, 0.717) is 0 Å². The minimum Gasteiger partial charge on any atom is -0.469 e. The highest BCUT2D eigenvalue weighted by Gasteiger charge is 2.07. The highest BCUT2D eigenvalue weighted by molar-refractivity contribution is 5.95. The Morgan fingerprint density at radius 3 is 2.33 bits per heavy atom. The molecule has 0 aromatic heterocycles. The van der Waals surface area contributed by atoms with Crippen molar-refractivity contribution in [3.05, 3.63) is 0 Å². The molecule has 5 nitrogen and oxygen atoms in total. The summed E-state index contributed by atoms with van der Waals surface area (Å²) in [6.45, 7) is 0. The highest BCUT2D eigenvalue weighted by atomic mass is 16.5. The molecule has 0 aliphatic heterocycles. The van der Waals surface area contributed by atoms with Crippen LogP contribution in [0.1, 0.15) is 19.3 Å². The van der Waals surface area contributed by atoms with Crippen LogP contribution in [-0.2, 0) is 23.9 Å². The van der Waals surface area contributed by atoms with Gasteiger partial charge in [0.05, 0.1) is 14.2 Å². The van der Waals surface area contributed by atoms with Gasteiger partial charge in [-0.2, -0.15) is 0 Å². The van der Waals surface area contributed by atoms with Gasteiger partial charge in [0, 0.05) is 18.8 Å². The molecule has 0 saturated carbocycles. The van der Waals surface area contributed by atoms with Crippen molar-refractivity contribution in [3.8, 4) is 11.8 Å². The summed E-state index contributed by atoms with van der Waals surface area (Å²) < 4.78 is 8.58. The van der Waals surface area contributed by atoms with Crippen molar-refractivity contribution >= 4 is 17.7 Å². The van der Waals surface area contributed by atoms with Gasteiger partial charge in [0.25, 0.3) is 0 Å². The number of carbonyl (C=O) groups excluding carboxylic acids is 3. The van der Waals surface area contributed by atoms with Gasteiger partial charge in [0.1, 0.15) is 12.2 Å². The van der Waals surface area contributed by atoms with E-state index >= 15 is 0 Å². The Morgan fingerprint density at radius 2 is 1.80 bits per heavy atom. The third-order valence-corrected chi connectivity index (χ3v) is 1.47. The molecule has 0 N–H and O–H groups in total. The second-order valence-electron chi connectivity index (χ2n) is 2.58. The van der Waals surface area contributed by atoms with Crippen LogP contribution in [0.15, 0.2) is 0 Å². The molecule has 0 spiro atoms. The van der Waals surface area contributed by atoms with Gasteiger partial charge in [-0.05, 0) is 0 Å². The number of esters is 2. The lowest BCUT2D eigenvalue weighted by Gasteiger charge is -1.95. The summed E-state index contributed by atoms with van der Waals surface area (Å²) in [7, 11) is 2.44. The molecule has 0 radical (unpaired) electrons. The number of hydrogen-bond donors (Lipinski definition) is 0. The molecule has 5 heteroatoms. The van der Waals surface area contributed by atoms with Crippen LogP contribution in [0.3, 0.4) is 0 Å². The lowest BCUT2D eigenvalue weighted by molar-refractivity contribution is -0.143. The molecule has 0 saturated heterocycles. The third-order valence-electron chi connectivity index (χ3n) is 1.47. The van der Waals surface area contributed by atoms with Gasteiger partial charge in [0.15, 0.2) is 0 Å². The Kier molecular flexibility index (Phi) is 6.64. The fraction of sp³-hybridized carbons (Fsp3) is 0.500. The van der Waals surface area contributed by atoms with Crippen molar-refractivity contribution in [2.75, 3.05) is 14.2 Å². The Morgan fingerprint density at radius 1 is 1.13 bits per heavy atom. The van der Waals surface area contributed by atoms with Crippen LogP contribution >= 0.6 is 0 Å². The topological polar surface area (TPSA) is 69.7 Å². The normalized spacial score (nSPS) is 8.40. The molecule has 0 unspecified atom stereocenters. The van der Waals surface area contributed by atoms with E-state index in [-0.39, 0.29) is 25.0 Å². The SMILES string of the molecule is COC(=O)C#CCCC(=O)CC(=O)OC. The summed E-state index contributed by atoms with van der Waals surface area (Å²) in [6, 6.07) is 0. The van der Waals surface area contributed by atoms with E-state index in [9.17, 15) is 14.4 Å². The zero-order valence-corrected chi connectivity index (χ0v) is 8.66. The van der Waals surface area contributed by atoms with Crippen molar-refractivity contribution in [1.82, 2.24) is 0 Å². The van der Waals surface area contributed by atoms with Crippen LogP contribution in [0, 0.1) is 11.8 Å². The summed E-state index contributed by atoms with van der Waals surface area (Å²) in [4.78, 5) is 32.2. The first-order valence-electron chi connectivity index (χ1n) is 4.25. The van der Waals surface area contributed by atoms with Crippen molar-refractivity contribution in [3.63, 3.8) is 0 Å². The quantitative estimate of drug-likeness (QED) is 0.285. The molecule has 0 bridgehead atoms. The van der Waals surface area contributed by atoms with E-state index in [0.717, 1.165) is 0 Å². The average Bonchev–Trinajstić information content (AvgIpc) is 2.23. The maximum atomic E-state index is 11.0. The molecule has 0 aliphatic rings. The zero-order chi connectivity index (χ0) is 11.7. The first kappa shape index (κ1) is 13.2.